The van der Waals surface area contributed by atoms with E-state index in [1.54, 1.807) is 19.2 Å². The van der Waals surface area contributed by atoms with Crippen LogP contribution in [0.3, 0.4) is 0 Å². The number of benzene rings is 2. The summed E-state index contributed by atoms with van der Waals surface area (Å²) in [7, 11) is 1.67. The second kappa shape index (κ2) is 8.16. The summed E-state index contributed by atoms with van der Waals surface area (Å²) < 4.78 is 18.5. The molecule has 2 heterocycles. The smallest absolute Gasteiger partial charge is 0.224 e. The molecule has 2 N–H and O–H groups in total. The Morgan fingerprint density at radius 1 is 1.07 bits per heavy atom. The Balaban J connectivity index is 1.39. The van der Waals surface area contributed by atoms with Crippen LogP contribution >= 0.6 is 0 Å². The van der Waals surface area contributed by atoms with Crippen LogP contribution in [-0.4, -0.2) is 50.4 Å². The fraction of sp³-hybridized carbons (Fsp3) is 0.381. The zero-order valence-corrected chi connectivity index (χ0v) is 15.9. The van der Waals surface area contributed by atoms with Gasteiger partial charge in [-0.25, -0.2) is 4.39 Å². The van der Waals surface area contributed by atoms with Crippen molar-refractivity contribution in [3.63, 3.8) is 0 Å². The highest BCUT2D eigenvalue weighted by atomic mass is 19.1. The fourth-order valence-corrected chi connectivity index (χ4v) is 3.84. The Bertz CT molecular complexity index is 821. The van der Waals surface area contributed by atoms with Gasteiger partial charge in [-0.05, 0) is 29.8 Å². The van der Waals surface area contributed by atoms with Crippen molar-refractivity contribution in [2.24, 2.45) is 0 Å². The standard InChI is InChI=1S/C21H25FN4O2/c1-28-18-4-2-3-17(13-18)25-9-11-26(12-10-25)21-23-19(14-20(27)24-21)15-5-7-16(22)8-6-15/h2-8,13,19,21,23H,9-12,14H2,1H3,(H,24,27). The monoisotopic (exact) mass is 384 g/mol. The van der Waals surface area contributed by atoms with Crippen LogP contribution in [0.15, 0.2) is 48.5 Å². The molecule has 0 aromatic heterocycles. The molecule has 2 aromatic carbocycles. The summed E-state index contributed by atoms with van der Waals surface area (Å²) in [6.45, 7) is 3.38. The molecule has 0 bridgehead atoms. The summed E-state index contributed by atoms with van der Waals surface area (Å²) in [6.07, 6.45) is 0.134. The Kier molecular flexibility index (Phi) is 5.45. The van der Waals surface area contributed by atoms with Crippen LogP contribution in [0.4, 0.5) is 10.1 Å². The van der Waals surface area contributed by atoms with Crippen LogP contribution in [0.25, 0.3) is 0 Å². The Morgan fingerprint density at radius 3 is 2.54 bits per heavy atom. The summed E-state index contributed by atoms with van der Waals surface area (Å²) >= 11 is 0. The number of rotatable bonds is 4. The lowest BCUT2D eigenvalue weighted by atomic mass is 10.0. The van der Waals surface area contributed by atoms with Gasteiger partial charge in [0.25, 0.3) is 0 Å². The summed E-state index contributed by atoms with van der Waals surface area (Å²) in [4.78, 5) is 16.8. The third-order valence-electron chi connectivity index (χ3n) is 5.42. The first-order valence-electron chi connectivity index (χ1n) is 9.56. The minimum Gasteiger partial charge on any atom is -0.497 e. The van der Waals surface area contributed by atoms with Gasteiger partial charge in [0.2, 0.25) is 5.91 Å². The lowest BCUT2D eigenvalue weighted by Crippen LogP contribution is -2.64. The van der Waals surface area contributed by atoms with Gasteiger partial charge in [0.1, 0.15) is 17.9 Å². The van der Waals surface area contributed by atoms with Crippen molar-refractivity contribution in [3.05, 3.63) is 59.9 Å². The number of piperazine rings is 1. The Labute approximate surface area is 164 Å². The molecule has 0 radical (unpaired) electrons. The highest BCUT2D eigenvalue weighted by Crippen LogP contribution is 2.24. The number of amides is 1. The van der Waals surface area contributed by atoms with Gasteiger partial charge in [0, 0.05) is 50.4 Å². The second-order valence-electron chi connectivity index (χ2n) is 7.17. The molecule has 28 heavy (non-hydrogen) atoms. The first kappa shape index (κ1) is 18.7. The summed E-state index contributed by atoms with van der Waals surface area (Å²) in [5.74, 6) is 0.589. The molecule has 2 saturated heterocycles. The van der Waals surface area contributed by atoms with Crippen molar-refractivity contribution in [2.45, 2.75) is 18.8 Å². The number of nitrogens with one attached hydrogen (secondary N) is 2. The van der Waals surface area contributed by atoms with Crippen molar-refractivity contribution in [3.8, 4) is 5.75 Å². The average Bonchev–Trinajstić information content (AvgIpc) is 2.74. The van der Waals surface area contributed by atoms with E-state index in [2.05, 4.69) is 26.5 Å². The van der Waals surface area contributed by atoms with E-state index in [-0.39, 0.29) is 24.1 Å². The minimum absolute atomic E-state index is 0.00769. The lowest BCUT2D eigenvalue weighted by molar-refractivity contribution is -0.127. The van der Waals surface area contributed by atoms with Crippen molar-refractivity contribution in [2.75, 3.05) is 38.2 Å². The van der Waals surface area contributed by atoms with Crippen LogP contribution < -0.4 is 20.3 Å². The van der Waals surface area contributed by atoms with Crippen molar-refractivity contribution in [1.29, 1.82) is 0 Å². The quantitative estimate of drug-likeness (QED) is 0.846. The number of hydrogen-bond donors (Lipinski definition) is 2. The van der Waals surface area contributed by atoms with E-state index in [9.17, 15) is 9.18 Å². The second-order valence-corrected chi connectivity index (χ2v) is 7.17. The Morgan fingerprint density at radius 2 is 1.82 bits per heavy atom. The van der Waals surface area contributed by atoms with Crippen LogP contribution in [0.1, 0.15) is 18.0 Å². The summed E-state index contributed by atoms with van der Waals surface area (Å²) in [6, 6.07) is 14.3. The molecule has 0 aliphatic carbocycles. The first-order chi connectivity index (χ1) is 13.6. The molecule has 7 heteroatoms. The first-order valence-corrected chi connectivity index (χ1v) is 9.56. The van der Waals surface area contributed by atoms with E-state index in [1.807, 2.05) is 18.2 Å². The van der Waals surface area contributed by atoms with E-state index < -0.39 is 0 Å². The van der Waals surface area contributed by atoms with E-state index in [0.717, 1.165) is 43.2 Å². The molecular weight excluding hydrogens is 359 g/mol. The topological polar surface area (TPSA) is 56.8 Å². The molecule has 2 unspecified atom stereocenters. The molecule has 2 aromatic rings. The maximum absolute atomic E-state index is 13.2. The van der Waals surface area contributed by atoms with E-state index in [1.165, 1.54) is 12.1 Å². The number of carbonyl (C=O) groups is 1. The molecule has 2 fully saturated rings. The van der Waals surface area contributed by atoms with Gasteiger partial charge in [0.15, 0.2) is 0 Å². The normalized spacial score (nSPS) is 23.4. The molecule has 1 amide bonds. The fourth-order valence-electron chi connectivity index (χ4n) is 3.84. The molecule has 148 valence electrons. The third-order valence-corrected chi connectivity index (χ3v) is 5.42. The SMILES string of the molecule is COc1cccc(N2CCN(C3NC(=O)CC(c4ccc(F)cc4)N3)CC2)c1. The van der Waals surface area contributed by atoms with Crippen molar-refractivity contribution < 1.29 is 13.9 Å². The number of nitrogens with zero attached hydrogens (tertiary/aromatic N) is 2. The predicted octanol–water partition coefficient (Wildman–Crippen LogP) is 2.09. The molecule has 6 nitrogen and oxygen atoms in total. The number of anilines is 1. The van der Waals surface area contributed by atoms with Crippen LogP contribution in [0, 0.1) is 5.82 Å². The number of hydrogen-bond acceptors (Lipinski definition) is 5. The molecule has 0 spiro atoms. The summed E-state index contributed by atoms with van der Waals surface area (Å²) in [5.41, 5.74) is 2.07. The van der Waals surface area contributed by atoms with E-state index in [4.69, 9.17) is 4.74 Å². The molecule has 2 aliphatic rings. The highest BCUT2D eigenvalue weighted by molar-refractivity contribution is 5.78. The molecule has 4 rings (SSSR count). The maximum Gasteiger partial charge on any atom is 0.224 e. The zero-order valence-electron chi connectivity index (χ0n) is 15.9. The molecular formula is C21H25FN4O2. The Hall–Kier alpha value is -2.64. The largest absolute Gasteiger partial charge is 0.497 e. The minimum atomic E-state index is -0.269. The van der Waals surface area contributed by atoms with Crippen molar-refractivity contribution in [1.82, 2.24) is 15.5 Å². The van der Waals surface area contributed by atoms with E-state index in [0.29, 0.717) is 6.42 Å². The van der Waals surface area contributed by atoms with Gasteiger partial charge >= 0.3 is 0 Å². The van der Waals surface area contributed by atoms with E-state index >= 15 is 0 Å². The average molecular weight is 384 g/mol. The van der Waals surface area contributed by atoms with Crippen LogP contribution in [0.2, 0.25) is 0 Å². The van der Waals surface area contributed by atoms with Crippen LogP contribution in [0.5, 0.6) is 5.75 Å². The maximum atomic E-state index is 13.2. The van der Waals surface area contributed by atoms with Gasteiger partial charge in [-0.3, -0.25) is 15.0 Å². The number of halogens is 1. The summed E-state index contributed by atoms with van der Waals surface area (Å²) in [5, 5.41) is 6.53. The zero-order chi connectivity index (χ0) is 19.5. The van der Waals surface area contributed by atoms with Gasteiger partial charge in [0.05, 0.1) is 7.11 Å². The van der Waals surface area contributed by atoms with Gasteiger partial charge in [-0.2, -0.15) is 0 Å². The number of carbonyl (C=O) groups excluding carboxylic acids is 1. The number of ether oxygens (including phenoxy) is 1. The molecule has 2 atom stereocenters. The molecule has 2 aliphatic heterocycles. The number of methoxy groups -OCH3 is 1. The lowest BCUT2D eigenvalue weighted by Gasteiger charge is -2.43. The van der Waals surface area contributed by atoms with Gasteiger partial charge in [-0.15, -0.1) is 0 Å². The van der Waals surface area contributed by atoms with Gasteiger partial charge in [-0.1, -0.05) is 18.2 Å². The molecule has 0 saturated carbocycles. The van der Waals surface area contributed by atoms with Gasteiger partial charge < -0.3 is 15.0 Å². The van der Waals surface area contributed by atoms with Crippen LogP contribution in [-0.2, 0) is 4.79 Å². The highest BCUT2D eigenvalue weighted by Gasteiger charge is 2.32. The third kappa shape index (κ3) is 4.10. The van der Waals surface area contributed by atoms with Crippen molar-refractivity contribution >= 4 is 11.6 Å². The predicted molar refractivity (Wildman–Crippen MR) is 106 cm³/mol.